The molecule has 0 radical (unpaired) electrons. The van der Waals surface area contributed by atoms with Gasteiger partial charge in [-0.25, -0.2) is 0 Å². The summed E-state index contributed by atoms with van der Waals surface area (Å²) in [5.74, 6) is 0. The van der Waals surface area contributed by atoms with Crippen molar-refractivity contribution in [3.05, 3.63) is 0 Å². The summed E-state index contributed by atoms with van der Waals surface area (Å²) in [6.07, 6.45) is 5.02. The molecule has 1 atom stereocenters. The molecule has 70 valence electrons. The van der Waals surface area contributed by atoms with Gasteiger partial charge in [-0.3, -0.25) is 0 Å². The first-order valence-electron chi connectivity index (χ1n) is 4.81. The molecule has 0 aromatic heterocycles. The second-order valence-electron chi connectivity index (χ2n) is 4.38. The van der Waals surface area contributed by atoms with E-state index in [-0.39, 0.29) is 0 Å². The molecule has 3 nitrogen and oxygen atoms in total. The zero-order chi connectivity index (χ0) is 8.60. The molecule has 0 aromatic rings. The van der Waals surface area contributed by atoms with Gasteiger partial charge in [-0.1, -0.05) is 0 Å². The molecule has 1 saturated heterocycles. The Morgan fingerprint density at radius 2 is 2.17 bits per heavy atom. The summed E-state index contributed by atoms with van der Waals surface area (Å²) in [5.41, 5.74) is 11.7. The van der Waals surface area contributed by atoms with Crippen LogP contribution in [0.15, 0.2) is 0 Å². The van der Waals surface area contributed by atoms with Gasteiger partial charge in [0.1, 0.15) is 0 Å². The van der Waals surface area contributed by atoms with Crippen molar-refractivity contribution in [2.45, 2.75) is 37.8 Å². The predicted molar refractivity (Wildman–Crippen MR) is 47.7 cm³/mol. The third kappa shape index (κ3) is 1.37. The van der Waals surface area contributed by atoms with Gasteiger partial charge in [0, 0.05) is 12.6 Å². The minimum absolute atomic E-state index is 0.312. The first kappa shape index (κ1) is 8.48. The molecule has 12 heavy (non-hydrogen) atoms. The molecule has 0 bridgehead atoms. The quantitative estimate of drug-likeness (QED) is 0.592. The van der Waals surface area contributed by atoms with Gasteiger partial charge in [0.2, 0.25) is 0 Å². The second kappa shape index (κ2) is 2.98. The Hall–Kier alpha value is -0.120. The van der Waals surface area contributed by atoms with Crippen molar-refractivity contribution < 1.29 is 4.74 Å². The lowest BCUT2D eigenvalue weighted by Gasteiger charge is -2.49. The molecule has 1 saturated carbocycles. The van der Waals surface area contributed by atoms with E-state index >= 15 is 0 Å². The van der Waals surface area contributed by atoms with Crippen molar-refractivity contribution in [2.75, 3.05) is 13.2 Å². The highest BCUT2D eigenvalue weighted by atomic mass is 16.5. The highest BCUT2D eigenvalue weighted by Crippen LogP contribution is 2.46. The zero-order valence-corrected chi connectivity index (χ0v) is 7.46. The molecule has 2 aliphatic rings. The van der Waals surface area contributed by atoms with E-state index in [2.05, 4.69) is 0 Å². The standard InChI is InChI=1S/C9H18N2O/c10-5-8-1-2-9(6-12-8)3-7(11)4-9/h7-8H,1-6,10-11H2. The molecule has 2 rings (SSSR count). The van der Waals surface area contributed by atoms with Gasteiger partial charge < -0.3 is 16.2 Å². The predicted octanol–water partition coefficient (Wildman–Crippen LogP) is 0.232. The summed E-state index contributed by atoms with van der Waals surface area (Å²) < 4.78 is 5.65. The Morgan fingerprint density at radius 1 is 1.42 bits per heavy atom. The van der Waals surface area contributed by atoms with Crippen molar-refractivity contribution in [3.63, 3.8) is 0 Å². The molecule has 1 aliphatic carbocycles. The van der Waals surface area contributed by atoms with Crippen molar-refractivity contribution in [1.29, 1.82) is 0 Å². The van der Waals surface area contributed by atoms with Crippen LogP contribution in [0.1, 0.15) is 25.7 Å². The number of nitrogens with two attached hydrogens (primary N) is 2. The van der Waals surface area contributed by atoms with E-state index in [1.54, 1.807) is 0 Å². The lowest BCUT2D eigenvalue weighted by atomic mass is 9.62. The third-order valence-electron chi connectivity index (χ3n) is 3.28. The maximum absolute atomic E-state index is 5.77. The molecule has 0 aromatic carbocycles. The van der Waals surface area contributed by atoms with Crippen molar-refractivity contribution in [2.24, 2.45) is 16.9 Å². The normalized spacial score (nSPS) is 47.5. The number of ether oxygens (including phenoxy) is 1. The summed E-state index contributed by atoms with van der Waals surface area (Å²) in [5, 5.41) is 0. The summed E-state index contributed by atoms with van der Waals surface area (Å²) >= 11 is 0. The van der Waals surface area contributed by atoms with Crippen LogP contribution in [0.5, 0.6) is 0 Å². The van der Waals surface area contributed by atoms with E-state index in [9.17, 15) is 0 Å². The SMILES string of the molecule is NCC1CCC2(CO1)CC(N)C2. The molecular formula is C9H18N2O. The first-order chi connectivity index (χ1) is 5.74. The monoisotopic (exact) mass is 170 g/mol. The molecule has 3 heteroatoms. The topological polar surface area (TPSA) is 61.3 Å². The Balaban J connectivity index is 1.83. The Bertz CT molecular complexity index is 156. The number of rotatable bonds is 1. The molecular weight excluding hydrogens is 152 g/mol. The van der Waals surface area contributed by atoms with Crippen molar-refractivity contribution in [3.8, 4) is 0 Å². The summed E-state index contributed by atoms with van der Waals surface area (Å²) in [6, 6.07) is 0.433. The van der Waals surface area contributed by atoms with Crippen LogP contribution in [0, 0.1) is 5.41 Å². The maximum Gasteiger partial charge on any atom is 0.0697 e. The van der Waals surface area contributed by atoms with Crippen LogP contribution < -0.4 is 11.5 Å². The summed E-state index contributed by atoms with van der Waals surface area (Å²) in [4.78, 5) is 0. The summed E-state index contributed by atoms with van der Waals surface area (Å²) in [7, 11) is 0. The molecule has 2 fully saturated rings. The highest BCUT2D eigenvalue weighted by Gasteiger charge is 2.45. The average Bonchev–Trinajstić information content (AvgIpc) is 2.04. The van der Waals surface area contributed by atoms with E-state index < -0.39 is 0 Å². The molecule has 1 unspecified atom stereocenters. The Morgan fingerprint density at radius 3 is 2.58 bits per heavy atom. The largest absolute Gasteiger partial charge is 0.376 e. The summed E-state index contributed by atoms with van der Waals surface area (Å²) in [6.45, 7) is 1.56. The minimum atomic E-state index is 0.312. The Labute approximate surface area is 73.4 Å². The van der Waals surface area contributed by atoms with Gasteiger partial charge in [0.05, 0.1) is 12.7 Å². The first-order valence-corrected chi connectivity index (χ1v) is 4.81. The fourth-order valence-electron chi connectivity index (χ4n) is 2.48. The van der Waals surface area contributed by atoms with Crippen LogP contribution >= 0.6 is 0 Å². The highest BCUT2D eigenvalue weighted by molar-refractivity contribution is 4.98. The Kier molecular flexibility index (Phi) is 2.10. The average molecular weight is 170 g/mol. The van der Waals surface area contributed by atoms with Gasteiger partial charge in [-0.2, -0.15) is 0 Å². The lowest BCUT2D eigenvalue weighted by molar-refractivity contribution is -0.0989. The van der Waals surface area contributed by atoms with Crippen LogP contribution in [-0.4, -0.2) is 25.3 Å². The minimum Gasteiger partial charge on any atom is -0.376 e. The fraction of sp³-hybridized carbons (Fsp3) is 1.00. The smallest absolute Gasteiger partial charge is 0.0697 e. The van der Waals surface area contributed by atoms with Gasteiger partial charge in [-0.15, -0.1) is 0 Å². The van der Waals surface area contributed by atoms with Gasteiger partial charge in [0.15, 0.2) is 0 Å². The van der Waals surface area contributed by atoms with Crippen LogP contribution in [-0.2, 0) is 4.74 Å². The number of hydrogen-bond acceptors (Lipinski definition) is 3. The van der Waals surface area contributed by atoms with Crippen LogP contribution in [0.3, 0.4) is 0 Å². The fourth-order valence-corrected chi connectivity index (χ4v) is 2.48. The molecule has 1 aliphatic heterocycles. The van der Waals surface area contributed by atoms with Gasteiger partial charge in [-0.05, 0) is 31.1 Å². The van der Waals surface area contributed by atoms with E-state index in [1.807, 2.05) is 0 Å². The van der Waals surface area contributed by atoms with Crippen LogP contribution in [0.2, 0.25) is 0 Å². The van der Waals surface area contributed by atoms with Gasteiger partial charge in [0.25, 0.3) is 0 Å². The van der Waals surface area contributed by atoms with Crippen molar-refractivity contribution in [1.82, 2.24) is 0 Å². The maximum atomic E-state index is 5.77. The molecule has 4 N–H and O–H groups in total. The van der Waals surface area contributed by atoms with Crippen LogP contribution in [0.25, 0.3) is 0 Å². The third-order valence-corrected chi connectivity index (χ3v) is 3.28. The second-order valence-corrected chi connectivity index (χ2v) is 4.38. The van der Waals surface area contributed by atoms with Crippen molar-refractivity contribution >= 4 is 0 Å². The van der Waals surface area contributed by atoms with E-state index in [0.29, 0.717) is 24.1 Å². The number of hydrogen-bond donors (Lipinski definition) is 2. The van der Waals surface area contributed by atoms with E-state index in [0.717, 1.165) is 25.9 Å². The molecule has 1 spiro atoms. The molecule has 1 heterocycles. The van der Waals surface area contributed by atoms with Gasteiger partial charge >= 0.3 is 0 Å². The van der Waals surface area contributed by atoms with E-state index in [1.165, 1.54) is 6.42 Å². The molecule has 0 amide bonds. The lowest BCUT2D eigenvalue weighted by Crippen LogP contribution is -2.52. The van der Waals surface area contributed by atoms with E-state index in [4.69, 9.17) is 16.2 Å². The van der Waals surface area contributed by atoms with Crippen LogP contribution in [0.4, 0.5) is 0 Å². The zero-order valence-electron chi connectivity index (χ0n) is 7.46.